The summed E-state index contributed by atoms with van der Waals surface area (Å²) in [4.78, 5) is 11.5. The van der Waals surface area contributed by atoms with Gasteiger partial charge in [-0.2, -0.15) is 0 Å². The lowest BCUT2D eigenvalue weighted by molar-refractivity contribution is -0.122. The Bertz CT molecular complexity index is 174. The van der Waals surface area contributed by atoms with Crippen LogP contribution in [0.25, 0.3) is 0 Å². The quantitative estimate of drug-likeness (QED) is 0.558. The van der Waals surface area contributed by atoms with E-state index in [1.807, 2.05) is 13.8 Å². The summed E-state index contributed by atoms with van der Waals surface area (Å²) in [5.74, 6) is 0.125. The molecule has 4 nitrogen and oxygen atoms in total. The number of nitrogens with two attached hydrogens (primary N) is 1. The van der Waals surface area contributed by atoms with E-state index >= 15 is 0 Å². The number of rotatable bonds is 10. The maximum Gasteiger partial charge on any atom is 0.220 e. The van der Waals surface area contributed by atoms with Crippen LogP contribution in [0.3, 0.4) is 0 Å². The second-order valence-electron chi connectivity index (χ2n) is 4.08. The predicted molar refractivity (Wildman–Crippen MR) is 66.2 cm³/mol. The summed E-state index contributed by atoms with van der Waals surface area (Å²) in [5, 5.41) is 2.92. The van der Waals surface area contributed by atoms with Gasteiger partial charge in [-0.05, 0) is 33.2 Å². The lowest BCUT2D eigenvalue weighted by atomic mass is 10.1. The summed E-state index contributed by atoms with van der Waals surface area (Å²) in [7, 11) is 0. The molecule has 0 aromatic heterocycles. The molecule has 1 atom stereocenters. The summed E-state index contributed by atoms with van der Waals surface area (Å²) in [5.41, 5.74) is 5.39. The van der Waals surface area contributed by atoms with Crippen molar-refractivity contribution in [3.05, 3.63) is 0 Å². The Morgan fingerprint density at radius 3 is 2.62 bits per heavy atom. The van der Waals surface area contributed by atoms with Crippen molar-refractivity contribution in [3.8, 4) is 0 Å². The minimum absolute atomic E-state index is 0.108. The molecule has 0 aromatic carbocycles. The van der Waals surface area contributed by atoms with E-state index in [2.05, 4.69) is 5.32 Å². The van der Waals surface area contributed by atoms with Gasteiger partial charge in [0.25, 0.3) is 0 Å². The van der Waals surface area contributed by atoms with Crippen LogP contribution in [0.5, 0.6) is 0 Å². The molecule has 0 aromatic rings. The first-order valence-electron chi connectivity index (χ1n) is 6.27. The molecule has 0 fully saturated rings. The second-order valence-corrected chi connectivity index (χ2v) is 4.08. The number of hydrogen-bond donors (Lipinski definition) is 2. The summed E-state index contributed by atoms with van der Waals surface area (Å²) < 4.78 is 5.23. The number of unbranched alkanes of at least 4 members (excludes halogenated alkanes) is 3. The molecule has 96 valence electrons. The molecule has 0 saturated heterocycles. The van der Waals surface area contributed by atoms with Crippen molar-refractivity contribution in [2.45, 2.75) is 52.0 Å². The number of amides is 1. The van der Waals surface area contributed by atoms with Crippen LogP contribution in [0.2, 0.25) is 0 Å². The molecule has 1 amide bonds. The van der Waals surface area contributed by atoms with E-state index in [-0.39, 0.29) is 11.9 Å². The fraction of sp³-hybridized carbons (Fsp3) is 0.917. The summed E-state index contributed by atoms with van der Waals surface area (Å²) in [6.45, 7) is 5.94. The van der Waals surface area contributed by atoms with E-state index in [1.165, 1.54) is 0 Å². The monoisotopic (exact) mass is 230 g/mol. The highest BCUT2D eigenvalue weighted by Gasteiger charge is 2.06. The average Bonchev–Trinajstić information content (AvgIpc) is 2.26. The fourth-order valence-corrected chi connectivity index (χ4v) is 1.47. The summed E-state index contributed by atoms with van der Waals surface area (Å²) >= 11 is 0. The Morgan fingerprint density at radius 1 is 1.31 bits per heavy atom. The molecule has 0 heterocycles. The van der Waals surface area contributed by atoms with Crippen molar-refractivity contribution in [3.63, 3.8) is 0 Å². The first-order chi connectivity index (χ1) is 7.70. The maximum absolute atomic E-state index is 11.5. The third-order valence-electron chi connectivity index (χ3n) is 2.34. The predicted octanol–water partition coefficient (Wildman–Crippen LogP) is 1.44. The topological polar surface area (TPSA) is 64.3 Å². The Balaban J connectivity index is 3.36. The molecule has 0 saturated carbocycles. The second kappa shape index (κ2) is 10.9. The molecule has 0 spiro atoms. The SMILES string of the molecule is CCOCC(C)NC(=O)CCCCCCN. The van der Waals surface area contributed by atoms with Gasteiger partial charge in [0.1, 0.15) is 0 Å². The van der Waals surface area contributed by atoms with Gasteiger partial charge in [0.2, 0.25) is 5.91 Å². The molecule has 4 heteroatoms. The van der Waals surface area contributed by atoms with E-state index < -0.39 is 0 Å². The molecule has 16 heavy (non-hydrogen) atoms. The zero-order valence-corrected chi connectivity index (χ0v) is 10.6. The van der Waals surface area contributed by atoms with Crippen molar-refractivity contribution >= 4 is 5.91 Å². The molecule has 0 aliphatic heterocycles. The molecule has 0 radical (unpaired) electrons. The zero-order chi connectivity index (χ0) is 12.2. The lowest BCUT2D eigenvalue weighted by Gasteiger charge is -2.13. The van der Waals surface area contributed by atoms with Gasteiger partial charge in [-0.1, -0.05) is 12.8 Å². The molecule has 0 rings (SSSR count). The minimum Gasteiger partial charge on any atom is -0.380 e. The Morgan fingerprint density at radius 2 is 2.00 bits per heavy atom. The molecule has 0 aliphatic rings. The van der Waals surface area contributed by atoms with E-state index in [0.717, 1.165) is 32.2 Å². The molecular formula is C12H26N2O2. The highest BCUT2D eigenvalue weighted by molar-refractivity contribution is 5.76. The average molecular weight is 230 g/mol. The van der Waals surface area contributed by atoms with Crippen LogP contribution in [0, 0.1) is 0 Å². The van der Waals surface area contributed by atoms with Gasteiger partial charge < -0.3 is 15.8 Å². The van der Waals surface area contributed by atoms with E-state index in [4.69, 9.17) is 10.5 Å². The normalized spacial score (nSPS) is 12.4. The number of hydrogen-bond acceptors (Lipinski definition) is 3. The van der Waals surface area contributed by atoms with Crippen LogP contribution in [0.4, 0.5) is 0 Å². The highest BCUT2D eigenvalue weighted by atomic mass is 16.5. The Hall–Kier alpha value is -0.610. The van der Waals surface area contributed by atoms with E-state index in [9.17, 15) is 4.79 Å². The summed E-state index contributed by atoms with van der Waals surface area (Å²) in [6, 6.07) is 0.108. The Labute approximate surface area is 98.9 Å². The number of carbonyl (C=O) groups excluding carboxylic acids is 1. The lowest BCUT2D eigenvalue weighted by Crippen LogP contribution is -2.35. The maximum atomic E-state index is 11.5. The number of nitrogens with one attached hydrogen (secondary N) is 1. The van der Waals surface area contributed by atoms with Crippen molar-refractivity contribution in [1.29, 1.82) is 0 Å². The van der Waals surface area contributed by atoms with E-state index in [0.29, 0.717) is 19.6 Å². The minimum atomic E-state index is 0.108. The Kier molecular flexibility index (Phi) is 10.5. The van der Waals surface area contributed by atoms with Crippen LogP contribution in [0.1, 0.15) is 46.0 Å². The van der Waals surface area contributed by atoms with Gasteiger partial charge >= 0.3 is 0 Å². The van der Waals surface area contributed by atoms with Gasteiger partial charge in [0.15, 0.2) is 0 Å². The van der Waals surface area contributed by atoms with E-state index in [1.54, 1.807) is 0 Å². The van der Waals surface area contributed by atoms with Crippen molar-refractivity contribution in [2.24, 2.45) is 5.73 Å². The number of ether oxygens (including phenoxy) is 1. The first kappa shape index (κ1) is 15.4. The summed E-state index contributed by atoms with van der Waals surface area (Å²) in [6.07, 6.45) is 4.83. The van der Waals surface area contributed by atoms with Gasteiger partial charge in [-0.15, -0.1) is 0 Å². The van der Waals surface area contributed by atoms with Crippen LogP contribution in [0.15, 0.2) is 0 Å². The zero-order valence-electron chi connectivity index (χ0n) is 10.6. The first-order valence-corrected chi connectivity index (χ1v) is 6.27. The molecule has 3 N–H and O–H groups in total. The van der Waals surface area contributed by atoms with Crippen LogP contribution < -0.4 is 11.1 Å². The molecular weight excluding hydrogens is 204 g/mol. The smallest absolute Gasteiger partial charge is 0.220 e. The van der Waals surface area contributed by atoms with Gasteiger partial charge in [-0.25, -0.2) is 0 Å². The van der Waals surface area contributed by atoms with Gasteiger partial charge in [0, 0.05) is 19.1 Å². The van der Waals surface area contributed by atoms with Crippen LogP contribution in [-0.4, -0.2) is 31.7 Å². The standard InChI is InChI=1S/C12H26N2O2/c1-3-16-10-11(2)14-12(15)8-6-4-5-7-9-13/h11H,3-10,13H2,1-2H3,(H,14,15). The number of carbonyl (C=O) groups is 1. The van der Waals surface area contributed by atoms with Crippen molar-refractivity contribution < 1.29 is 9.53 Å². The van der Waals surface area contributed by atoms with Gasteiger partial charge in [0.05, 0.1) is 6.61 Å². The third-order valence-corrected chi connectivity index (χ3v) is 2.34. The largest absolute Gasteiger partial charge is 0.380 e. The third kappa shape index (κ3) is 9.93. The van der Waals surface area contributed by atoms with Crippen molar-refractivity contribution in [2.75, 3.05) is 19.8 Å². The molecule has 1 unspecified atom stereocenters. The van der Waals surface area contributed by atoms with Crippen LogP contribution >= 0.6 is 0 Å². The highest BCUT2D eigenvalue weighted by Crippen LogP contribution is 2.02. The van der Waals surface area contributed by atoms with Gasteiger partial charge in [-0.3, -0.25) is 4.79 Å². The van der Waals surface area contributed by atoms with Crippen LogP contribution in [-0.2, 0) is 9.53 Å². The van der Waals surface area contributed by atoms with Crippen molar-refractivity contribution in [1.82, 2.24) is 5.32 Å². The molecule has 0 bridgehead atoms. The molecule has 0 aliphatic carbocycles. The fourth-order valence-electron chi connectivity index (χ4n) is 1.47.